The molecule has 4 aromatic carbocycles. The fourth-order valence-electron chi connectivity index (χ4n) is 7.31. The van der Waals surface area contributed by atoms with Crippen molar-refractivity contribution in [2.24, 2.45) is 0 Å². The van der Waals surface area contributed by atoms with Gasteiger partial charge < -0.3 is 20.0 Å². The van der Waals surface area contributed by atoms with Crippen LogP contribution in [0.5, 0.6) is 0 Å². The summed E-state index contributed by atoms with van der Waals surface area (Å²) in [5.41, 5.74) is 0.732. The number of anilines is 2. The number of carbonyl (C=O) groups is 2. The minimum atomic E-state index is -3.86. The van der Waals surface area contributed by atoms with Crippen LogP contribution in [0.2, 0.25) is 0 Å². The molecule has 0 atom stereocenters. The second-order valence-electron chi connectivity index (χ2n) is 16.0. The topological polar surface area (TPSA) is 224 Å². The molecule has 0 amide bonds. The Balaban J connectivity index is 0.000000198. The van der Waals surface area contributed by atoms with Crippen LogP contribution in [0.4, 0.5) is 37.7 Å². The SMILES string of the molecule is CCCS(=O)(=O)Nc1ccc(F)c(C(=O)c2c[nH]c3ncc(-c4ccc(F)cc4C)cc23)c1F.CCCS(=O)(=O)Nc1ccc(F)c(C(=O)c2c[nH]c3ncc(Br)cc23)c1F.Cc1cc(F)ccc1B(O)O. The van der Waals surface area contributed by atoms with Crippen molar-refractivity contribution in [3.8, 4) is 11.1 Å². The number of hydrogen-bond acceptors (Lipinski definition) is 10. The van der Waals surface area contributed by atoms with Gasteiger partial charge in [-0.1, -0.05) is 26.0 Å². The van der Waals surface area contributed by atoms with Gasteiger partial charge in [0.05, 0.1) is 34.0 Å². The molecule has 8 rings (SSSR count). The Kier molecular flexibility index (Phi) is 17.2. The summed E-state index contributed by atoms with van der Waals surface area (Å²) in [4.78, 5) is 39.9. The third-order valence-corrected chi connectivity index (χ3v) is 14.0. The Morgan fingerprint density at radius 1 is 0.639 bits per heavy atom. The van der Waals surface area contributed by atoms with Crippen molar-refractivity contribution in [2.45, 2.75) is 40.5 Å². The Bertz CT molecular complexity index is 3600. The number of hydrogen-bond donors (Lipinski definition) is 6. The summed E-state index contributed by atoms with van der Waals surface area (Å²) in [5.74, 6) is -7.95. The number of rotatable bonds is 14. The maximum atomic E-state index is 15.1. The van der Waals surface area contributed by atoms with E-state index in [0.717, 1.165) is 24.3 Å². The molecule has 0 aliphatic heterocycles. The molecule has 0 spiro atoms. The molecule has 0 bridgehead atoms. The molecule has 14 nitrogen and oxygen atoms in total. The van der Waals surface area contributed by atoms with Crippen LogP contribution in [-0.2, 0) is 20.0 Å². The minimum Gasteiger partial charge on any atom is -0.423 e. The van der Waals surface area contributed by atoms with E-state index >= 15 is 4.39 Å². The van der Waals surface area contributed by atoms with Gasteiger partial charge in [0.2, 0.25) is 31.6 Å². The normalized spacial score (nSPS) is 11.4. The minimum absolute atomic E-state index is 0.0187. The van der Waals surface area contributed by atoms with Gasteiger partial charge in [-0.3, -0.25) is 19.0 Å². The third kappa shape index (κ3) is 12.6. The average Bonchev–Trinajstić information content (AvgIpc) is 3.93. The highest BCUT2D eigenvalue weighted by atomic mass is 79.9. The quantitative estimate of drug-likeness (QED) is 0.0344. The van der Waals surface area contributed by atoms with Crippen LogP contribution in [0.3, 0.4) is 0 Å². The standard InChI is InChI=1S/C24H20F3N3O3S.C17H14BrF2N3O3S.C7H8BFO2/c1-3-8-34(32,33)30-20-7-6-19(26)21(22(20)27)23(31)18-12-29-24-17(18)10-14(11-28-24)16-5-4-15(25)9-13(16)2;1-2-5-27(25,26)23-13-4-3-12(19)14(15(13)20)16(24)11-8-22-17-10(11)6-9(18)7-21-17;1-5-4-6(9)2-3-7(5)8(10)11/h4-7,9-12,30H,3,8H2,1-2H3,(H,28,29);3-4,6-8,23H,2,5H2,1H3,(H,21,22);2-4,10-11H,1H3. The van der Waals surface area contributed by atoms with Crippen molar-refractivity contribution in [3.63, 3.8) is 0 Å². The van der Waals surface area contributed by atoms with Crippen LogP contribution < -0.4 is 14.9 Å². The molecule has 4 aromatic heterocycles. The molecule has 0 aliphatic carbocycles. The van der Waals surface area contributed by atoms with Crippen LogP contribution in [0.15, 0.2) is 102 Å². The zero-order valence-corrected chi connectivity index (χ0v) is 41.6. The van der Waals surface area contributed by atoms with E-state index in [4.69, 9.17) is 10.0 Å². The number of ketones is 2. The number of carbonyl (C=O) groups excluding carboxylic acids is 2. The molecule has 0 saturated heterocycles. The van der Waals surface area contributed by atoms with E-state index in [-0.39, 0.29) is 28.4 Å². The van der Waals surface area contributed by atoms with Gasteiger partial charge in [0.15, 0.2) is 11.6 Å². The van der Waals surface area contributed by atoms with Gasteiger partial charge in [0.1, 0.15) is 34.6 Å². The summed E-state index contributed by atoms with van der Waals surface area (Å²) < 4.78 is 137. The number of aromatic nitrogens is 4. The van der Waals surface area contributed by atoms with Crippen LogP contribution in [-0.4, -0.2) is 77.0 Å². The van der Waals surface area contributed by atoms with Gasteiger partial charge in [0.25, 0.3) is 0 Å². The van der Waals surface area contributed by atoms with Crippen molar-refractivity contribution in [1.29, 1.82) is 0 Å². The fraction of sp³-hybridized carbons (Fsp3) is 0.167. The molecule has 24 heteroatoms. The highest BCUT2D eigenvalue weighted by molar-refractivity contribution is 9.10. The summed E-state index contributed by atoms with van der Waals surface area (Å²) in [5, 5.41) is 18.1. The van der Waals surface area contributed by atoms with Crippen LogP contribution in [0.25, 0.3) is 33.2 Å². The molecule has 0 saturated carbocycles. The molecule has 72 heavy (non-hydrogen) atoms. The van der Waals surface area contributed by atoms with Crippen molar-refractivity contribution in [1.82, 2.24) is 19.9 Å². The van der Waals surface area contributed by atoms with E-state index in [0.29, 0.717) is 67.1 Å². The third-order valence-electron chi connectivity index (χ3n) is 10.6. The van der Waals surface area contributed by atoms with E-state index < -0.39 is 90.3 Å². The summed E-state index contributed by atoms with van der Waals surface area (Å²) >= 11 is 3.23. The lowest BCUT2D eigenvalue weighted by Crippen LogP contribution is -2.31. The zero-order valence-electron chi connectivity index (χ0n) is 38.3. The van der Waals surface area contributed by atoms with E-state index in [1.807, 2.05) is 0 Å². The largest absolute Gasteiger partial charge is 0.488 e. The summed E-state index contributed by atoms with van der Waals surface area (Å²) in [6.45, 7) is 6.64. The summed E-state index contributed by atoms with van der Waals surface area (Å²) in [6.07, 6.45) is 6.26. The van der Waals surface area contributed by atoms with E-state index in [2.05, 4.69) is 45.3 Å². The molecule has 6 N–H and O–H groups in total. The lowest BCUT2D eigenvalue weighted by molar-refractivity contribution is 0.102. The zero-order chi connectivity index (χ0) is 52.8. The smallest absolute Gasteiger partial charge is 0.423 e. The Morgan fingerprint density at radius 2 is 1.10 bits per heavy atom. The Morgan fingerprint density at radius 3 is 1.56 bits per heavy atom. The molecule has 8 aromatic rings. The van der Waals surface area contributed by atoms with Crippen LogP contribution in [0.1, 0.15) is 69.7 Å². The number of aryl methyl sites for hydroxylation is 2. The molecule has 0 radical (unpaired) electrons. The van der Waals surface area contributed by atoms with Crippen LogP contribution >= 0.6 is 15.9 Å². The summed E-state index contributed by atoms with van der Waals surface area (Å²) in [6, 6.07) is 14.8. The van der Waals surface area contributed by atoms with Crippen molar-refractivity contribution in [2.75, 3.05) is 20.9 Å². The van der Waals surface area contributed by atoms with Gasteiger partial charge in [-0.05, 0) is 125 Å². The lowest BCUT2D eigenvalue weighted by atomic mass is 9.77. The molecule has 0 aliphatic rings. The van der Waals surface area contributed by atoms with E-state index in [1.54, 1.807) is 45.9 Å². The number of fused-ring (bicyclic) bond motifs is 2. The van der Waals surface area contributed by atoms with E-state index in [9.17, 15) is 48.4 Å². The number of halogens is 7. The van der Waals surface area contributed by atoms with Crippen LogP contribution in [0, 0.1) is 48.8 Å². The second-order valence-corrected chi connectivity index (χ2v) is 20.6. The highest BCUT2D eigenvalue weighted by Crippen LogP contribution is 2.32. The number of nitrogens with one attached hydrogen (secondary N) is 4. The maximum absolute atomic E-state index is 15.1. The molecule has 0 unspecified atom stereocenters. The number of benzene rings is 4. The summed E-state index contributed by atoms with van der Waals surface area (Å²) in [7, 11) is -9.18. The van der Waals surface area contributed by atoms with E-state index in [1.165, 1.54) is 55.1 Å². The lowest BCUT2D eigenvalue weighted by Gasteiger charge is -2.11. The first-order valence-electron chi connectivity index (χ1n) is 21.5. The molecule has 0 fully saturated rings. The van der Waals surface area contributed by atoms with Crippen molar-refractivity contribution in [3.05, 3.63) is 170 Å². The van der Waals surface area contributed by atoms with Gasteiger partial charge in [0, 0.05) is 56.7 Å². The number of aromatic amines is 2. The number of pyridine rings is 2. The highest BCUT2D eigenvalue weighted by Gasteiger charge is 2.28. The fourth-order valence-corrected chi connectivity index (χ4v) is 9.90. The first-order chi connectivity index (χ1) is 33.9. The van der Waals surface area contributed by atoms with Gasteiger partial charge in [-0.25, -0.2) is 53.1 Å². The first-order valence-corrected chi connectivity index (χ1v) is 25.6. The number of nitrogens with zero attached hydrogens (tertiary/aromatic N) is 2. The van der Waals surface area contributed by atoms with Crippen molar-refractivity contribution >= 4 is 93.6 Å². The number of sulfonamides is 2. The predicted octanol–water partition coefficient (Wildman–Crippen LogP) is 9.14. The Hall–Kier alpha value is -6.86. The second kappa shape index (κ2) is 22.7. The number of H-pyrrole nitrogens is 2. The molecule has 4 heterocycles. The molecular formula is C48H42BBrF6N6O8S2. The van der Waals surface area contributed by atoms with Crippen molar-refractivity contribution < 1.29 is 62.8 Å². The monoisotopic (exact) mass is 1100 g/mol. The predicted molar refractivity (Wildman–Crippen MR) is 266 cm³/mol. The average molecular weight is 1100 g/mol. The maximum Gasteiger partial charge on any atom is 0.488 e. The van der Waals surface area contributed by atoms with Gasteiger partial charge in [-0.2, -0.15) is 0 Å². The molecular weight excluding hydrogens is 1060 g/mol. The van der Waals surface area contributed by atoms with Gasteiger partial charge >= 0.3 is 7.12 Å². The van der Waals surface area contributed by atoms with Gasteiger partial charge in [-0.15, -0.1) is 0 Å². The first kappa shape index (κ1) is 54.5. The molecule has 376 valence electrons. The Labute approximate surface area is 417 Å².